The predicted octanol–water partition coefficient (Wildman–Crippen LogP) is 0.433. The third kappa shape index (κ3) is 2.97. The van der Waals surface area contributed by atoms with E-state index in [0.29, 0.717) is 13.0 Å². The highest BCUT2D eigenvalue weighted by Crippen LogP contribution is 2.07. The molecule has 1 amide bonds. The summed E-state index contributed by atoms with van der Waals surface area (Å²) in [6, 6.07) is 0.00574. The molecule has 0 aliphatic carbocycles. The first-order valence-corrected chi connectivity index (χ1v) is 4.60. The Balaban J connectivity index is 2.50. The van der Waals surface area contributed by atoms with Crippen LogP contribution in [0.3, 0.4) is 0 Å². The van der Waals surface area contributed by atoms with E-state index in [2.05, 4.69) is 11.5 Å². The number of nitrogens with zero attached hydrogens (tertiary/aromatic N) is 2. The lowest BCUT2D eigenvalue weighted by Crippen LogP contribution is -2.43. The van der Waals surface area contributed by atoms with Gasteiger partial charge in [-0.3, -0.25) is 9.63 Å². The van der Waals surface area contributed by atoms with Crippen molar-refractivity contribution in [3.05, 3.63) is 24.8 Å². The molecule has 0 spiro atoms. The lowest BCUT2D eigenvalue weighted by Gasteiger charge is -2.30. The van der Waals surface area contributed by atoms with E-state index < -0.39 is 0 Å². The minimum atomic E-state index is 0.00574. The number of hydrogen-bond acceptors (Lipinski definition) is 3. The Hall–Kier alpha value is -1.13. The SMILES string of the molecule is C=CCON(C=O)[C@@H]1C=CCN(C)C1. The molecule has 1 aliphatic heterocycles. The van der Waals surface area contributed by atoms with Gasteiger partial charge in [-0.05, 0) is 7.05 Å². The minimum absolute atomic E-state index is 0.00574. The molecule has 0 saturated heterocycles. The lowest BCUT2D eigenvalue weighted by atomic mass is 10.2. The van der Waals surface area contributed by atoms with Crippen LogP contribution >= 0.6 is 0 Å². The van der Waals surface area contributed by atoms with Crippen LogP contribution in [-0.4, -0.2) is 49.2 Å². The van der Waals surface area contributed by atoms with E-state index in [9.17, 15) is 4.79 Å². The van der Waals surface area contributed by atoms with Gasteiger partial charge in [-0.2, -0.15) is 0 Å². The summed E-state index contributed by atoms with van der Waals surface area (Å²) in [6.07, 6.45) is 6.34. The number of hydrogen-bond donors (Lipinski definition) is 0. The van der Waals surface area contributed by atoms with Crippen LogP contribution in [0, 0.1) is 0 Å². The van der Waals surface area contributed by atoms with Gasteiger partial charge in [0, 0.05) is 13.1 Å². The Morgan fingerprint density at radius 1 is 1.79 bits per heavy atom. The zero-order valence-electron chi connectivity index (χ0n) is 8.43. The molecule has 1 aliphatic rings. The van der Waals surface area contributed by atoms with Crippen LogP contribution < -0.4 is 0 Å². The zero-order valence-corrected chi connectivity index (χ0v) is 8.43. The number of carbonyl (C=O) groups excluding carboxylic acids is 1. The van der Waals surface area contributed by atoms with Crippen molar-refractivity contribution in [2.75, 3.05) is 26.7 Å². The summed E-state index contributed by atoms with van der Waals surface area (Å²) in [7, 11) is 2.01. The summed E-state index contributed by atoms with van der Waals surface area (Å²) in [6.45, 7) is 5.60. The third-order valence-electron chi connectivity index (χ3n) is 2.05. The molecule has 0 radical (unpaired) electrons. The van der Waals surface area contributed by atoms with Crippen LogP contribution in [0.5, 0.6) is 0 Å². The summed E-state index contributed by atoms with van der Waals surface area (Å²) in [5.74, 6) is 0. The molecule has 0 bridgehead atoms. The molecule has 4 heteroatoms. The molecule has 0 aromatic heterocycles. The largest absolute Gasteiger partial charge is 0.300 e. The Morgan fingerprint density at radius 2 is 2.57 bits per heavy atom. The highest BCUT2D eigenvalue weighted by molar-refractivity contribution is 5.46. The van der Waals surface area contributed by atoms with Crippen molar-refractivity contribution >= 4 is 6.41 Å². The molecule has 0 aromatic carbocycles. The number of rotatable bonds is 5. The molecule has 14 heavy (non-hydrogen) atoms. The third-order valence-corrected chi connectivity index (χ3v) is 2.05. The van der Waals surface area contributed by atoms with Crippen molar-refractivity contribution in [2.45, 2.75) is 6.04 Å². The van der Waals surface area contributed by atoms with E-state index in [4.69, 9.17) is 4.84 Å². The topological polar surface area (TPSA) is 32.8 Å². The molecule has 0 unspecified atom stereocenters. The summed E-state index contributed by atoms with van der Waals surface area (Å²) >= 11 is 0. The maximum atomic E-state index is 10.7. The maximum Gasteiger partial charge on any atom is 0.233 e. The fourth-order valence-corrected chi connectivity index (χ4v) is 1.36. The van der Waals surface area contributed by atoms with Crippen molar-refractivity contribution in [1.82, 2.24) is 9.96 Å². The van der Waals surface area contributed by atoms with Crippen LogP contribution in [0.1, 0.15) is 0 Å². The van der Waals surface area contributed by atoms with Crippen LogP contribution in [0.4, 0.5) is 0 Å². The van der Waals surface area contributed by atoms with Gasteiger partial charge in [0.05, 0.1) is 12.6 Å². The fourth-order valence-electron chi connectivity index (χ4n) is 1.36. The predicted molar refractivity (Wildman–Crippen MR) is 54.5 cm³/mol. The molecular formula is C10H16N2O2. The van der Waals surface area contributed by atoms with Gasteiger partial charge in [-0.15, -0.1) is 6.58 Å². The van der Waals surface area contributed by atoms with Crippen molar-refractivity contribution in [1.29, 1.82) is 0 Å². The van der Waals surface area contributed by atoms with Gasteiger partial charge in [0.25, 0.3) is 0 Å². The number of hydroxylamine groups is 2. The van der Waals surface area contributed by atoms with Crippen molar-refractivity contribution in [3.8, 4) is 0 Å². The maximum absolute atomic E-state index is 10.7. The molecule has 1 heterocycles. The van der Waals surface area contributed by atoms with Gasteiger partial charge < -0.3 is 4.90 Å². The molecule has 1 atom stereocenters. The van der Waals surface area contributed by atoms with Gasteiger partial charge in [-0.1, -0.05) is 18.2 Å². The molecule has 1 rings (SSSR count). The Morgan fingerprint density at radius 3 is 3.14 bits per heavy atom. The Bertz CT molecular complexity index is 228. The zero-order chi connectivity index (χ0) is 10.4. The Labute approximate surface area is 84.4 Å². The minimum Gasteiger partial charge on any atom is -0.300 e. The van der Waals surface area contributed by atoms with Gasteiger partial charge in [0.15, 0.2) is 0 Å². The first-order valence-electron chi connectivity index (χ1n) is 4.60. The highest BCUT2D eigenvalue weighted by atomic mass is 16.7. The summed E-state index contributed by atoms with van der Waals surface area (Å²) in [5.41, 5.74) is 0. The first kappa shape index (κ1) is 10.9. The van der Waals surface area contributed by atoms with Gasteiger partial charge in [0.2, 0.25) is 6.41 Å². The molecular weight excluding hydrogens is 180 g/mol. The van der Waals surface area contributed by atoms with Gasteiger partial charge >= 0.3 is 0 Å². The number of carbonyl (C=O) groups is 1. The average molecular weight is 196 g/mol. The fraction of sp³-hybridized carbons (Fsp3) is 0.500. The first-order chi connectivity index (χ1) is 6.77. The van der Waals surface area contributed by atoms with E-state index >= 15 is 0 Å². The van der Waals surface area contributed by atoms with E-state index in [-0.39, 0.29) is 6.04 Å². The summed E-state index contributed by atoms with van der Waals surface area (Å²) < 4.78 is 0. The molecule has 0 N–H and O–H groups in total. The van der Waals surface area contributed by atoms with Crippen LogP contribution in [-0.2, 0) is 9.63 Å². The summed E-state index contributed by atoms with van der Waals surface area (Å²) in [5, 5.41) is 1.33. The van der Waals surface area contributed by atoms with E-state index in [1.165, 1.54) is 5.06 Å². The van der Waals surface area contributed by atoms with Crippen molar-refractivity contribution in [3.63, 3.8) is 0 Å². The Kier molecular flexibility index (Phi) is 4.35. The van der Waals surface area contributed by atoms with E-state index in [1.54, 1.807) is 6.08 Å². The molecule has 4 nitrogen and oxygen atoms in total. The van der Waals surface area contributed by atoms with Crippen molar-refractivity contribution < 1.29 is 9.63 Å². The van der Waals surface area contributed by atoms with Crippen LogP contribution in [0.2, 0.25) is 0 Å². The van der Waals surface area contributed by atoms with Crippen molar-refractivity contribution in [2.24, 2.45) is 0 Å². The quantitative estimate of drug-likeness (QED) is 0.363. The van der Waals surface area contributed by atoms with Gasteiger partial charge in [0.1, 0.15) is 0 Å². The molecule has 0 aromatic rings. The smallest absolute Gasteiger partial charge is 0.233 e. The second kappa shape index (κ2) is 5.57. The molecule has 0 saturated carbocycles. The molecule has 0 fully saturated rings. The van der Waals surface area contributed by atoms with Crippen LogP contribution in [0.25, 0.3) is 0 Å². The number of likely N-dealkylation sites (N-methyl/N-ethyl adjacent to an activating group) is 1. The van der Waals surface area contributed by atoms with Gasteiger partial charge in [-0.25, -0.2) is 5.06 Å². The highest BCUT2D eigenvalue weighted by Gasteiger charge is 2.19. The normalized spacial score (nSPS) is 21.9. The average Bonchev–Trinajstić information content (AvgIpc) is 2.19. The van der Waals surface area contributed by atoms with E-state index in [1.807, 2.05) is 19.2 Å². The lowest BCUT2D eigenvalue weighted by molar-refractivity contribution is -0.177. The second-order valence-corrected chi connectivity index (χ2v) is 3.27. The summed E-state index contributed by atoms with van der Waals surface area (Å²) in [4.78, 5) is 18.1. The van der Waals surface area contributed by atoms with Crippen LogP contribution in [0.15, 0.2) is 24.8 Å². The van der Waals surface area contributed by atoms with E-state index in [0.717, 1.165) is 13.1 Å². The standard InChI is InChI=1S/C10H16N2O2/c1-3-7-14-12(9-13)10-5-4-6-11(2)8-10/h3-5,9-10H,1,6-8H2,2H3/t10-/m1/s1. The molecule has 78 valence electrons. The second-order valence-electron chi connectivity index (χ2n) is 3.27. The monoisotopic (exact) mass is 196 g/mol. The number of amides is 1.